The van der Waals surface area contributed by atoms with Crippen molar-refractivity contribution in [3.8, 4) is 0 Å². The molecule has 0 aromatic heterocycles. The number of hydrogen-bond donors (Lipinski definition) is 2. The fraction of sp³-hybridized carbons (Fsp3) is 0.500. The zero-order chi connectivity index (χ0) is 20.1. The molecule has 4 rings (SSSR count). The van der Waals surface area contributed by atoms with Gasteiger partial charge in [0.1, 0.15) is 5.54 Å². The molecule has 1 spiro atoms. The Hall–Kier alpha value is -2.90. The molecule has 3 heterocycles. The summed E-state index contributed by atoms with van der Waals surface area (Å²) >= 11 is 0. The fourth-order valence-corrected chi connectivity index (χ4v) is 4.38. The van der Waals surface area contributed by atoms with Crippen LogP contribution in [0.4, 0.5) is 10.5 Å². The zero-order valence-electron chi connectivity index (χ0n) is 16.1. The molecule has 28 heavy (non-hydrogen) atoms. The van der Waals surface area contributed by atoms with E-state index in [0.29, 0.717) is 32.5 Å². The number of carbonyl (C=O) groups is 4. The van der Waals surface area contributed by atoms with Crippen molar-refractivity contribution < 1.29 is 19.2 Å². The van der Waals surface area contributed by atoms with Crippen molar-refractivity contribution in [2.75, 3.05) is 24.5 Å². The minimum atomic E-state index is -0.899. The summed E-state index contributed by atoms with van der Waals surface area (Å²) in [4.78, 5) is 52.5. The average molecular weight is 384 g/mol. The molecule has 0 unspecified atom stereocenters. The molecule has 1 aromatic rings. The topological polar surface area (TPSA) is 98.8 Å². The number of likely N-dealkylation sites (tertiary alicyclic amines) is 1. The molecule has 1 atom stereocenters. The molecule has 1 aromatic carbocycles. The molecular weight excluding hydrogens is 360 g/mol. The Labute approximate surface area is 163 Å². The number of urea groups is 1. The van der Waals surface area contributed by atoms with Gasteiger partial charge in [0.25, 0.3) is 5.91 Å². The number of benzene rings is 1. The highest BCUT2D eigenvalue weighted by Crippen LogP contribution is 2.32. The first-order valence-corrected chi connectivity index (χ1v) is 9.60. The number of aryl methyl sites for hydroxylation is 1. The summed E-state index contributed by atoms with van der Waals surface area (Å²) in [5.41, 5.74) is 2.12. The Kier molecular flexibility index (Phi) is 4.36. The number of nitrogens with one attached hydrogen (secondary N) is 2. The number of hydrogen-bond acceptors (Lipinski definition) is 4. The Bertz CT molecular complexity index is 873. The highest BCUT2D eigenvalue weighted by molar-refractivity contribution is 6.07. The Balaban J connectivity index is 1.43. The van der Waals surface area contributed by atoms with Gasteiger partial charge in [0.05, 0.1) is 5.92 Å². The molecular formula is C20H24N4O4. The second-order valence-electron chi connectivity index (χ2n) is 7.94. The maximum absolute atomic E-state index is 13.0. The van der Waals surface area contributed by atoms with Gasteiger partial charge < -0.3 is 15.1 Å². The Morgan fingerprint density at radius 2 is 1.86 bits per heavy atom. The first kappa shape index (κ1) is 18.5. The van der Waals surface area contributed by atoms with Gasteiger partial charge in [-0.05, 0) is 43.9 Å². The van der Waals surface area contributed by atoms with E-state index in [4.69, 9.17) is 0 Å². The van der Waals surface area contributed by atoms with Crippen LogP contribution < -0.4 is 15.5 Å². The lowest BCUT2D eigenvalue weighted by molar-refractivity contribution is -0.139. The van der Waals surface area contributed by atoms with Crippen LogP contribution in [0.2, 0.25) is 0 Å². The highest BCUT2D eigenvalue weighted by atomic mass is 16.2. The zero-order valence-corrected chi connectivity index (χ0v) is 16.1. The van der Waals surface area contributed by atoms with Gasteiger partial charge in [-0.1, -0.05) is 12.1 Å². The predicted molar refractivity (Wildman–Crippen MR) is 102 cm³/mol. The van der Waals surface area contributed by atoms with E-state index in [2.05, 4.69) is 10.6 Å². The van der Waals surface area contributed by atoms with E-state index in [9.17, 15) is 19.2 Å². The average Bonchev–Trinajstić information content (AvgIpc) is 3.17. The summed E-state index contributed by atoms with van der Waals surface area (Å²) in [6.07, 6.45) is 0.973. The number of amides is 5. The minimum absolute atomic E-state index is 0.0389. The first-order chi connectivity index (χ1) is 13.3. The summed E-state index contributed by atoms with van der Waals surface area (Å²) < 4.78 is 0. The molecule has 0 bridgehead atoms. The predicted octanol–water partition coefficient (Wildman–Crippen LogP) is 0.857. The Morgan fingerprint density at radius 3 is 2.50 bits per heavy atom. The van der Waals surface area contributed by atoms with Crippen molar-refractivity contribution in [1.29, 1.82) is 0 Å². The fourth-order valence-electron chi connectivity index (χ4n) is 4.38. The molecule has 0 aliphatic carbocycles. The van der Waals surface area contributed by atoms with Crippen LogP contribution in [0.5, 0.6) is 0 Å². The highest BCUT2D eigenvalue weighted by Gasteiger charge is 2.49. The molecule has 2 N–H and O–H groups in total. The molecule has 0 saturated carbocycles. The van der Waals surface area contributed by atoms with Crippen molar-refractivity contribution in [1.82, 2.24) is 15.5 Å². The van der Waals surface area contributed by atoms with Crippen LogP contribution in [0, 0.1) is 19.8 Å². The van der Waals surface area contributed by atoms with Crippen molar-refractivity contribution in [2.24, 2.45) is 5.92 Å². The summed E-state index contributed by atoms with van der Waals surface area (Å²) in [5, 5.41) is 4.97. The SMILES string of the molecule is Cc1cccc(N2C[C@@H](C(=O)N3CCC4(CC3)NC(=O)NC4=O)CC2=O)c1C. The molecule has 148 valence electrons. The van der Waals surface area contributed by atoms with Gasteiger partial charge in [0.15, 0.2) is 0 Å². The van der Waals surface area contributed by atoms with Gasteiger partial charge in [-0.25, -0.2) is 4.79 Å². The van der Waals surface area contributed by atoms with Crippen LogP contribution in [0.3, 0.4) is 0 Å². The van der Waals surface area contributed by atoms with E-state index in [1.165, 1.54) is 0 Å². The van der Waals surface area contributed by atoms with Crippen molar-refractivity contribution in [3.05, 3.63) is 29.3 Å². The summed E-state index contributed by atoms with van der Waals surface area (Å²) in [6, 6.07) is 5.36. The summed E-state index contributed by atoms with van der Waals surface area (Å²) in [7, 11) is 0. The van der Waals surface area contributed by atoms with E-state index in [1.54, 1.807) is 9.80 Å². The number of anilines is 1. The third kappa shape index (κ3) is 2.93. The molecule has 5 amide bonds. The second-order valence-corrected chi connectivity index (χ2v) is 7.94. The van der Waals surface area contributed by atoms with Gasteiger partial charge in [-0.3, -0.25) is 19.7 Å². The number of rotatable bonds is 2. The monoisotopic (exact) mass is 384 g/mol. The molecule has 3 aliphatic heterocycles. The normalized spacial score (nSPS) is 23.9. The number of imide groups is 1. The Morgan fingerprint density at radius 1 is 1.14 bits per heavy atom. The van der Waals surface area contributed by atoms with E-state index in [0.717, 1.165) is 16.8 Å². The van der Waals surface area contributed by atoms with E-state index >= 15 is 0 Å². The van der Waals surface area contributed by atoms with E-state index in [1.807, 2.05) is 32.0 Å². The third-order valence-electron chi connectivity index (χ3n) is 6.28. The molecule has 3 saturated heterocycles. The number of carbonyl (C=O) groups excluding carboxylic acids is 4. The van der Waals surface area contributed by atoms with Crippen LogP contribution in [0.15, 0.2) is 18.2 Å². The number of piperidine rings is 1. The van der Waals surface area contributed by atoms with Gasteiger partial charge in [-0.15, -0.1) is 0 Å². The van der Waals surface area contributed by atoms with Gasteiger partial charge in [0, 0.05) is 31.7 Å². The van der Waals surface area contributed by atoms with Gasteiger partial charge in [-0.2, -0.15) is 0 Å². The van der Waals surface area contributed by atoms with Gasteiger partial charge >= 0.3 is 6.03 Å². The standard InChI is InChI=1S/C20H24N4O4/c1-12-4-3-5-15(13(12)2)24-11-14(10-16(24)25)17(26)23-8-6-20(7-9-23)18(27)21-19(28)22-20/h3-5,14H,6-11H2,1-2H3,(H2,21,22,27,28)/t14-/m0/s1. The molecule has 8 heteroatoms. The molecule has 3 aliphatic rings. The summed E-state index contributed by atoms with van der Waals surface area (Å²) in [6.45, 7) is 5.14. The lowest BCUT2D eigenvalue weighted by atomic mass is 9.87. The lowest BCUT2D eigenvalue weighted by Gasteiger charge is -2.37. The largest absolute Gasteiger partial charge is 0.342 e. The van der Waals surface area contributed by atoms with Crippen molar-refractivity contribution in [2.45, 2.75) is 38.6 Å². The molecule has 3 fully saturated rings. The van der Waals surface area contributed by atoms with Crippen LogP contribution in [0.25, 0.3) is 0 Å². The maximum Gasteiger partial charge on any atom is 0.322 e. The first-order valence-electron chi connectivity index (χ1n) is 9.60. The lowest BCUT2D eigenvalue weighted by Crippen LogP contribution is -2.56. The number of nitrogens with zero attached hydrogens (tertiary/aromatic N) is 2. The van der Waals surface area contributed by atoms with Crippen LogP contribution in [-0.2, 0) is 14.4 Å². The molecule has 0 radical (unpaired) electrons. The van der Waals surface area contributed by atoms with Crippen molar-refractivity contribution in [3.63, 3.8) is 0 Å². The minimum Gasteiger partial charge on any atom is -0.342 e. The van der Waals surface area contributed by atoms with Crippen LogP contribution in [-0.4, -0.2) is 53.8 Å². The van der Waals surface area contributed by atoms with Crippen LogP contribution in [0.1, 0.15) is 30.4 Å². The third-order valence-corrected chi connectivity index (χ3v) is 6.28. The van der Waals surface area contributed by atoms with E-state index < -0.39 is 11.6 Å². The second kappa shape index (κ2) is 6.61. The summed E-state index contributed by atoms with van der Waals surface area (Å²) in [5.74, 6) is -0.793. The van der Waals surface area contributed by atoms with Crippen LogP contribution >= 0.6 is 0 Å². The molecule has 8 nitrogen and oxygen atoms in total. The van der Waals surface area contributed by atoms with Crippen molar-refractivity contribution >= 4 is 29.4 Å². The van der Waals surface area contributed by atoms with E-state index in [-0.39, 0.29) is 30.1 Å². The quantitative estimate of drug-likeness (QED) is 0.739. The maximum atomic E-state index is 13.0. The van der Waals surface area contributed by atoms with Gasteiger partial charge in [0.2, 0.25) is 11.8 Å². The smallest absolute Gasteiger partial charge is 0.322 e.